The van der Waals surface area contributed by atoms with Crippen molar-refractivity contribution in [3.05, 3.63) is 84.5 Å². The van der Waals surface area contributed by atoms with E-state index in [4.69, 9.17) is 27.9 Å². The van der Waals surface area contributed by atoms with Gasteiger partial charge in [0.05, 0.1) is 6.54 Å². The first-order chi connectivity index (χ1) is 14.8. The van der Waals surface area contributed by atoms with Crippen LogP contribution in [0.15, 0.2) is 52.1 Å². The van der Waals surface area contributed by atoms with Crippen LogP contribution in [0.5, 0.6) is 11.8 Å². The molecule has 0 bridgehead atoms. The van der Waals surface area contributed by atoms with Crippen LogP contribution in [0.2, 0.25) is 10.0 Å². The average Bonchev–Trinajstić information content (AvgIpc) is 3.11. The number of halogens is 2. The molecule has 10 heteroatoms. The van der Waals surface area contributed by atoms with Crippen LogP contribution in [0, 0.1) is 0 Å². The van der Waals surface area contributed by atoms with E-state index in [9.17, 15) is 14.4 Å². The minimum Gasteiger partial charge on any atom is -0.425 e. The van der Waals surface area contributed by atoms with Gasteiger partial charge in [-0.25, -0.2) is 4.79 Å². The fourth-order valence-electron chi connectivity index (χ4n) is 3.19. The fourth-order valence-corrected chi connectivity index (χ4v) is 3.66. The Hall–Kier alpha value is -3.36. The van der Waals surface area contributed by atoms with Crippen LogP contribution in [-0.4, -0.2) is 25.0 Å². The minimum absolute atomic E-state index is 0.0955. The molecule has 8 nitrogen and oxygen atoms in total. The molecule has 0 radical (unpaired) electrons. The van der Waals surface area contributed by atoms with Gasteiger partial charge in [0.25, 0.3) is 5.56 Å². The molecule has 0 N–H and O–H groups in total. The molecule has 0 saturated heterocycles. The van der Waals surface area contributed by atoms with Crippen molar-refractivity contribution in [1.82, 2.24) is 18.7 Å². The van der Waals surface area contributed by atoms with Crippen molar-refractivity contribution in [3.8, 4) is 11.8 Å². The van der Waals surface area contributed by atoms with Crippen LogP contribution in [0.4, 0.5) is 0 Å². The number of nitrogens with zero attached hydrogens (tertiary/aromatic N) is 4. The van der Waals surface area contributed by atoms with Crippen LogP contribution in [0.25, 0.3) is 11.2 Å². The average molecular weight is 459 g/mol. The summed E-state index contributed by atoms with van der Waals surface area (Å²) in [5.41, 5.74) is 0.524. The molecule has 2 heterocycles. The first-order valence-electron chi connectivity index (χ1n) is 9.13. The number of ether oxygens (including phenoxy) is 1. The third kappa shape index (κ3) is 3.75. The molecular formula is C21H16Cl2N4O4. The number of fused-ring (bicyclic) bond motifs is 1. The van der Waals surface area contributed by atoms with Crippen molar-refractivity contribution in [3.63, 3.8) is 0 Å². The van der Waals surface area contributed by atoms with Gasteiger partial charge in [-0.1, -0.05) is 29.3 Å². The monoisotopic (exact) mass is 458 g/mol. The van der Waals surface area contributed by atoms with E-state index in [-0.39, 0.29) is 23.7 Å². The van der Waals surface area contributed by atoms with Gasteiger partial charge in [-0.05, 0) is 42.0 Å². The van der Waals surface area contributed by atoms with Crippen molar-refractivity contribution < 1.29 is 9.53 Å². The lowest BCUT2D eigenvalue weighted by Crippen LogP contribution is -2.37. The van der Waals surface area contributed by atoms with Crippen molar-refractivity contribution in [2.24, 2.45) is 14.1 Å². The molecule has 4 rings (SSSR count). The number of imidazole rings is 1. The Morgan fingerprint density at radius 3 is 2.39 bits per heavy atom. The Kier molecular flexibility index (Phi) is 5.43. The van der Waals surface area contributed by atoms with Gasteiger partial charge in [0.1, 0.15) is 12.0 Å². The summed E-state index contributed by atoms with van der Waals surface area (Å²) < 4.78 is 9.76. The molecule has 2 aromatic carbocycles. The maximum absolute atomic E-state index is 12.9. The Labute approximate surface area is 185 Å². The molecule has 0 fully saturated rings. The van der Waals surface area contributed by atoms with Crippen molar-refractivity contribution in [2.45, 2.75) is 6.54 Å². The second-order valence-electron chi connectivity index (χ2n) is 6.88. The first-order valence-corrected chi connectivity index (χ1v) is 9.89. The molecule has 0 aliphatic heterocycles. The quantitative estimate of drug-likeness (QED) is 0.427. The summed E-state index contributed by atoms with van der Waals surface area (Å²) in [6.45, 7) is 0.154. The predicted octanol–water partition coefficient (Wildman–Crippen LogP) is 3.39. The normalized spacial score (nSPS) is 11.1. The lowest BCUT2D eigenvalue weighted by Gasteiger charge is -2.11. The molecule has 0 spiro atoms. The summed E-state index contributed by atoms with van der Waals surface area (Å²) >= 11 is 12.3. The van der Waals surface area contributed by atoms with Gasteiger partial charge in [-0.15, -0.1) is 0 Å². The second kappa shape index (κ2) is 8.05. The molecule has 0 atom stereocenters. The number of aromatic nitrogens is 4. The van der Waals surface area contributed by atoms with Gasteiger partial charge in [0.2, 0.25) is 0 Å². The molecule has 0 saturated carbocycles. The minimum atomic E-state index is -0.512. The molecule has 0 aliphatic rings. The van der Waals surface area contributed by atoms with Crippen LogP contribution in [0.3, 0.4) is 0 Å². The maximum Gasteiger partial charge on any atom is 0.332 e. The van der Waals surface area contributed by atoms with E-state index >= 15 is 0 Å². The van der Waals surface area contributed by atoms with Crippen LogP contribution >= 0.6 is 23.2 Å². The molecule has 0 unspecified atom stereocenters. The van der Waals surface area contributed by atoms with Crippen LogP contribution in [0.1, 0.15) is 15.9 Å². The van der Waals surface area contributed by atoms with E-state index in [1.54, 1.807) is 47.0 Å². The second-order valence-corrected chi connectivity index (χ2v) is 7.73. The van der Waals surface area contributed by atoms with Gasteiger partial charge in [0.15, 0.2) is 11.2 Å². The zero-order chi connectivity index (χ0) is 22.3. The van der Waals surface area contributed by atoms with Gasteiger partial charge >= 0.3 is 11.7 Å². The number of hydrogen-bond donors (Lipinski definition) is 0. The largest absolute Gasteiger partial charge is 0.425 e. The third-order valence-electron chi connectivity index (χ3n) is 4.88. The Morgan fingerprint density at radius 2 is 1.74 bits per heavy atom. The maximum atomic E-state index is 12.9. The zero-order valence-corrected chi connectivity index (χ0v) is 18.0. The molecule has 0 aliphatic carbocycles. The molecular weight excluding hydrogens is 443 g/mol. The summed E-state index contributed by atoms with van der Waals surface area (Å²) in [5.74, 6) is 0.409. The van der Waals surface area contributed by atoms with E-state index in [1.807, 2.05) is 0 Å². The van der Waals surface area contributed by atoms with E-state index < -0.39 is 11.2 Å². The smallest absolute Gasteiger partial charge is 0.332 e. The van der Waals surface area contributed by atoms with Crippen molar-refractivity contribution in [1.29, 1.82) is 0 Å². The summed E-state index contributed by atoms with van der Waals surface area (Å²) in [4.78, 5) is 40.6. The lowest BCUT2D eigenvalue weighted by molar-refractivity contribution is 0.112. The highest BCUT2D eigenvalue weighted by Crippen LogP contribution is 2.28. The predicted molar refractivity (Wildman–Crippen MR) is 118 cm³/mol. The van der Waals surface area contributed by atoms with Gasteiger partial charge < -0.3 is 4.74 Å². The topological polar surface area (TPSA) is 88.1 Å². The number of carbonyl (C=O) groups excluding carboxylic acids is 1. The highest BCUT2D eigenvalue weighted by atomic mass is 35.5. The van der Waals surface area contributed by atoms with Crippen LogP contribution < -0.4 is 16.0 Å². The summed E-state index contributed by atoms with van der Waals surface area (Å²) in [6, 6.07) is 11.5. The van der Waals surface area contributed by atoms with Gasteiger partial charge in [-0.3, -0.25) is 23.3 Å². The Balaban J connectivity index is 1.93. The Morgan fingerprint density at radius 1 is 1.03 bits per heavy atom. The van der Waals surface area contributed by atoms with Crippen molar-refractivity contribution in [2.75, 3.05) is 0 Å². The van der Waals surface area contributed by atoms with E-state index in [0.29, 0.717) is 26.9 Å². The number of aryl methyl sites for hydroxylation is 1. The van der Waals surface area contributed by atoms with Crippen molar-refractivity contribution >= 4 is 40.7 Å². The standard InChI is InChI=1S/C21H16Cl2N4O4/c1-25-18-17(19(29)26(2)21(25)30)27(10-13-5-6-14(22)9-16(13)23)20(24-18)31-15-7-3-12(11-28)4-8-15/h3-9,11H,10H2,1-2H3. The molecule has 4 aromatic rings. The number of benzene rings is 2. The third-order valence-corrected chi connectivity index (χ3v) is 5.47. The number of carbonyl (C=O) groups is 1. The highest BCUT2D eigenvalue weighted by molar-refractivity contribution is 6.35. The zero-order valence-electron chi connectivity index (χ0n) is 16.5. The van der Waals surface area contributed by atoms with E-state index in [2.05, 4.69) is 4.98 Å². The van der Waals surface area contributed by atoms with E-state index in [0.717, 1.165) is 10.9 Å². The SMILES string of the molecule is Cn1c(=O)c2c(nc(Oc3ccc(C=O)cc3)n2Cc2ccc(Cl)cc2Cl)n(C)c1=O. The van der Waals surface area contributed by atoms with Gasteiger partial charge in [-0.2, -0.15) is 4.98 Å². The summed E-state index contributed by atoms with van der Waals surface area (Å²) in [6.07, 6.45) is 0.723. The lowest BCUT2D eigenvalue weighted by atomic mass is 10.2. The molecule has 158 valence electrons. The number of rotatable bonds is 5. The number of aldehydes is 1. The molecule has 0 amide bonds. The summed E-state index contributed by atoms with van der Waals surface area (Å²) in [5, 5.41) is 0.895. The molecule has 31 heavy (non-hydrogen) atoms. The fraction of sp³-hybridized carbons (Fsp3) is 0.143. The van der Waals surface area contributed by atoms with Crippen LogP contribution in [-0.2, 0) is 20.6 Å². The van der Waals surface area contributed by atoms with E-state index in [1.165, 1.54) is 18.7 Å². The number of hydrogen-bond acceptors (Lipinski definition) is 5. The Bertz CT molecular complexity index is 1440. The molecule has 2 aromatic heterocycles. The van der Waals surface area contributed by atoms with Gasteiger partial charge in [0, 0.05) is 29.7 Å². The highest BCUT2D eigenvalue weighted by Gasteiger charge is 2.21. The first kappa shape index (κ1) is 20.9. The summed E-state index contributed by atoms with van der Waals surface area (Å²) in [7, 11) is 2.93.